The molecule has 2 rings (SSSR count). The summed E-state index contributed by atoms with van der Waals surface area (Å²) >= 11 is 0. The maximum Gasteiger partial charge on any atom is 0.228 e. The average Bonchev–Trinajstić information content (AvgIpc) is 3.12. The van der Waals surface area contributed by atoms with Gasteiger partial charge in [0.25, 0.3) is 0 Å². The van der Waals surface area contributed by atoms with Gasteiger partial charge < -0.3 is 14.6 Å². The second-order valence-electron chi connectivity index (χ2n) is 4.88. The third kappa shape index (κ3) is 3.29. The topological polar surface area (TPSA) is 60.2 Å². The summed E-state index contributed by atoms with van der Waals surface area (Å²) in [6.45, 7) is 5.17. The number of hydrogen-bond donors (Lipinski definition) is 1. The van der Waals surface area contributed by atoms with Crippen LogP contribution in [0.15, 0.2) is 4.52 Å². The molecule has 0 saturated heterocycles. The predicted octanol–water partition coefficient (Wildman–Crippen LogP) is 2.10. The molecule has 0 aliphatic heterocycles. The fraction of sp³-hybridized carbons (Fsp3) is 0.846. The summed E-state index contributed by atoms with van der Waals surface area (Å²) in [5.74, 6) is 2.17. The zero-order valence-electron chi connectivity index (χ0n) is 11.5. The molecule has 1 saturated carbocycles. The Bertz CT molecular complexity index is 359. The molecule has 0 aromatic carbocycles. The summed E-state index contributed by atoms with van der Waals surface area (Å²) in [5.41, 5.74) is 0. The molecule has 18 heavy (non-hydrogen) atoms. The van der Waals surface area contributed by atoms with Crippen LogP contribution >= 0.6 is 0 Å². The third-order valence-corrected chi connectivity index (χ3v) is 3.48. The van der Waals surface area contributed by atoms with Crippen LogP contribution in [0.1, 0.15) is 50.9 Å². The number of hydrogen-bond acceptors (Lipinski definition) is 5. The van der Waals surface area contributed by atoms with E-state index < -0.39 is 0 Å². The Balaban J connectivity index is 1.96. The van der Waals surface area contributed by atoms with Gasteiger partial charge in [0.15, 0.2) is 0 Å². The van der Waals surface area contributed by atoms with E-state index >= 15 is 0 Å². The lowest BCUT2D eigenvalue weighted by atomic mass is 10.1. The van der Waals surface area contributed by atoms with Gasteiger partial charge >= 0.3 is 0 Å². The molecule has 0 radical (unpaired) electrons. The molecular weight excluding hydrogens is 230 g/mol. The van der Waals surface area contributed by atoms with Gasteiger partial charge in [-0.15, -0.1) is 0 Å². The van der Waals surface area contributed by atoms with Crippen LogP contribution in [0.5, 0.6) is 0 Å². The summed E-state index contributed by atoms with van der Waals surface area (Å²) in [6, 6.07) is 0.478. The SMILES string of the molecule is CCNC(Cc1nc(C(CC)OC)no1)C1CC1. The lowest BCUT2D eigenvalue weighted by Crippen LogP contribution is -2.33. The van der Waals surface area contributed by atoms with Crippen molar-refractivity contribution in [3.05, 3.63) is 11.7 Å². The summed E-state index contributed by atoms with van der Waals surface area (Å²) in [4.78, 5) is 4.44. The van der Waals surface area contributed by atoms with Crippen LogP contribution < -0.4 is 5.32 Å². The first-order chi connectivity index (χ1) is 8.78. The molecule has 102 valence electrons. The van der Waals surface area contributed by atoms with E-state index in [1.165, 1.54) is 12.8 Å². The van der Waals surface area contributed by atoms with Gasteiger partial charge in [-0.3, -0.25) is 0 Å². The monoisotopic (exact) mass is 253 g/mol. The van der Waals surface area contributed by atoms with Crippen molar-refractivity contribution in [3.63, 3.8) is 0 Å². The van der Waals surface area contributed by atoms with Gasteiger partial charge in [0.2, 0.25) is 11.7 Å². The third-order valence-electron chi connectivity index (χ3n) is 3.48. The molecule has 2 atom stereocenters. The number of likely N-dealkylation sites (N-methyl/N-ethyl adjacent to an activating group) is 1. The first kappa shape index (κ1) is 13.5. The number of aromatic nitrogens is 2. The molecular formula is C13H23N3O2. The molecule has 0 bridgehead atoms. The zero-order valence-corrected chi connectivity index (χ0v) is 11.5. The maximum atomic E-state index is 5.32. The largest absolute Gasteiger partial charge is 0.373 e. The van der Waals surface area contributed by atoms with Gasteiger partial charge in [-0.25, -0.2) is 0 Å². The zero-order chi connectivity index (χ0) is 13.0. The maximum absolute atomic E-state index is 5.32. The molecule has 5 nitrogen and oxygen atoms in total. The van der Waals surface area contributed by atoms with Gasteiger partial charge in [-0.1, -0.05) is 19.0 Å². The van der Waals surface area contributed by atoms with E-state index in [-0.39, 0.29) is 6.10 Å². The van der Waals surface area contributed by atoms with Crippen LogP contribution in [0.2, 0.25) is 0 Å². The van der Waals surface area contributed by atoms with Gasteiger partial charge in [0, 0.05) is 19.6 Å². The van der Waals surface area contributed by atoms with Crippen molar-refractivity contribution in [2.75, 3.05) is 13.7 Å². The Morgan fingerprint density at radius 2 is 2.22 bits per heavy atom. The summed E-state index contributed by atoms with van der Waals surface area (Å²) in [5, 5.41) is 7.51. The van der Waals surface area contributed by atoms with Gasteiger partial charge in [-0.2, -0.15) is 4.98 Å². The number of ether oxygens (including phenoxy) is 1. The summed E-state index contributed by atoms with van der Waals surface area (Å²) in [6.07, 6.45) is 4.25. The second-order valence-corrected chi connectivity index (χ2v) is 4.88. The highest BCUT2D eigenvalue weighted by Gasteiger charge is 2.32. The minimum absolute atomic E-state index is 0.0546. The van der Waals surface area contributed by atoms with Crippen LogP contribution in [0, 0.1) is 5.92 Å². The number of nitrogens with one attached hydrogen (secondary N) is 1. The Kier molecular flexibility index (Phi) is 4.72. The number of rotatable bonds is 8. The van der Waals surface area contributed by atoms with Crippen LogP contribution in [-0.4, -0.2) is 29.8 Å². The summed E-state index contributed by atoms with van der Waals surface area (Å²) < 4.78 is 10.6. The molecule has 1 heterocycles. The van der Waals surface area contributed by atoms with E-state index in [9.17, 15) is 0 Å². The second kappa shape index (κ2) is 6.29. The Labute approximate surface area is 108 Å². The molecule has 2 unspecified atom stereocenters. The van der Waals surface area contributed by atoms with E-state index in [0.717, 1.165) is 31.2 Å². The molecule has 1 fully saturated rings. The lowest BCUT2D eigenvalue weighted by molar-refractivity contribution is 0.0903. The normalized spacial score (nSPS) is 18.8. The van der Waals surface area contributed by atoms with E-state index in [0.29, 0.717) is 11.9 Å². The average molecular weight is 253 g/mol. The van der Waals surface area contributed by atoms with Gasteiger partial charge in [-0.05, 0) is 31.7 Å². The number of methoxy groups -OCH3 is 1. The van der Waals surface area contributed by atoms with Crippen molar-refractivity contribution in [1.29, 1.82) is 0 Å². The highest BCUT2D eigenvalue weighted by atomic mass is 16.5. The van der Waals surface area contributed by atoms with Crippen LogP contribution in [-0.2, 0) is 11.2 Å². The van der Waals surface area contributed by atoms with E-state index in [4.69, 9.17) is 9.26 Å². The minimum atomic E-state index is -0.0546. The smallest absolute Gasteiger partial charge is 0.228 e. The van der Waals surface area contributed by atoms with Crippen LogP contribution in [0.4, 0.5) is 0 Å². The van der Waals surface area contributed by atoms with Crippen molar-refractivity contribution < 1.29 is 9.26 Å². The molecule has 1 N–H and O–H groups in total. The first-order valence-corrected chi connectivity index (χ1v) is 6.87. The quantitative estimate of drug-likeness (QED) is 0.768. The molecule has 1 aliphatic carbocycles. The standard InChI is InChI=1S/C13H23N3O2/c1-4-11(17-3)13-15-12(18-16-13)8-10(14-5-2)9-6-7-9/h9-11,14H,4-8H2,1-3H3. The summed E-state index contributed by atoms with van der Waals surface area (Å²) in [7, 11) is 1.68. The number of nitrogens with zero attached hydrogens (tertiary/aromatic N) is 2. The fourth-order valence-corrected chi connectivity index (χ4v) is 2.29. The Morgan fingerprint density at radius 1 is 1.44 bits per heavy atom. The van der Waals surface area contributed by atoms with Crippen molar-refractivity contribution in [3.8, 4) is 0 Å². The predicted molar refractivity (Wildman–Crippen MR) is 68.2 cm³/mol. The van der Waals surface area contributed by atoms with Crippen LogP contribution in [0.3, 0.4) is 0 Å². The molecule has 0 amide bonds. The minimum Gasteiger partial charge on any atom is -0.373 e. The van der Waals surface area contributed by atoms with Crippen molar-refractivity contribution in [1.82, 2.24) is 15.5 Å². The molecule has 1 aromatic rings. The molecule has 1 aliphatic rings. The fourth-order valence-electron chi connectivity index (χ4n) is 2.29. The Hall–Kier alpha value is -0.940. The van der Waals surface area contributed by atoms with Crippen LogP contribution in [0.25, 0.3) is 0 Å². The van der Waals surface area contributed by atoms with E-state index in [2.05, 4.69) is 29.3 Å². The van der Waals surface area contributed by atoms with Crippen molar-refractivity contribution in [2.24, 2.45) is 5.92 Å². The van der Waals surface area contributed by atoms with Crippen molar-refractivity contribution in [2.45, 2.75) is 51.7 Å². The Morgan fingerprint density at radius 3 is 2.78 bits per heavy atom. The molecule has 1 aromatic heterocycles. The highest BCUT2D eigenvalue weighted by molar-refractivity contribution is 4.96. The highest BCUT2D eigenvalue weighted by Crippen LogP contribution is 2.34. The first-order valence-electron chi connectivity index (χ1n) is 6.87. The molecule has 0 spiro atoms. The van der Waals surface area contributed by atoms with Gasteiger partial charge in [0.1, 0.15) is 6.10 Å². The van der Waals surface area contributed by atoms with Crippen molar-refractivity contribution >= 4 is 0 Å². The van der Waals surface area contributed by atoms with Gasteiger partial charge in [0.05, 0.1) is 0 Å². The van der Waals surface area contributed by atoms with E-state index in [1.54, 1.807) is 7.11 Å². The molecule has 5 heteroatoms. The van der Waals surface area contributed by atoms with E-state index in [1.807, 2.05) is 0 Å². The lowest BCUT2D eigenvalue weighted by Gasteiger charge is -2.14.